The van der Waals surface area contributed by atoms with Crippen LogP contribution in [0.1, 0.15) is 58.3 Å². The van der Waals surface area contributed by atoms with Gasteiger partial charge in [-0.2, -0.15) is 0 Å². The molecule has 0 aliphatic carbocycles. The Morgan fingerprint density at radius 3 is 1.95 bits per heavy atom. The molecule has 0 radical (unpaired) electrons. The molecule has 0 spiro atoms. The van der Waals surface area contributed by atoms with Crippen molar-refractivity contribution in [1.29, 1.82) is 0 Å². The topological polar surface area (TPSA) is 30.9 Å². The Labute approximate surface area is 126 Å². The summed E-state index contributed by atoms with van der Waals surface area (Å²) in [6.07, 6.45) is 10.2. The van der Waals surface area contributed by atoms with Crippen molar-refractivity contribution in [3.05, 3.63) is 0 Å². The molecule has 4 nitrogen and oxygen atoms in total. The highest BCUT2D eigenvalue weighted by Crippen LogP contribution is 2.26. The van der Waals surface area contributed by atoms with E-state index in [0.717, 1.165) is 19.5 Å². The maximum absolute atomic E-state index is 5.74. The lowest BCUT2D eigenvalue weighted by molar-refractivity contribution is 0.0774. The fourth-order valence-corrected chi connectivity index (χ4v) is 5.81. The van der Waals surface area contributed by atoms with Gasteiger partial charge in [-0.25, -0.2) is 0 Å². The van der Waals surface area contributed by atoms with Crippen molar-refractivity contribution in [3.8, 4) is 0 Å². The summed E-state index contributed by atoms with van der Waals surface area (Å²) < 4.78 is 17.2. The lowest BCUT2D eigenvalue weighted by atomic mass is 10.1. The molecule has 0 amide bonds. The number of likely N-dealkylation sites (tertiary alicyclic amines) is 1. The van der Waals surface area contributed by atoms with Crippen LogP contribution in [0.15, 0.2) is 0 Å². The molecule has 5 heteroatoms. The van der Waals surface area contributed by atoms with Gasteiger partial charge in [0.1, 0.15) is 0 Å². The van der Waals surface area contributed by atoms with E-state index in [1.54, 1.807) is 21.3 Å². The zero-order valence-electron chi connectivity index (χ0n) is 13.8. The van der Waals surface area contributed by atoms with Crippen LogP contribution in [-0.4, -0.2) is 53.8 Å². The van der Waals surface area contributed by atoms with E-state index in [2.05, 4.69) is 11.8 Å². The predicted octanol–water partition coefficient (Wildman–Crippen LogP) is 3.23. The van der Waals surface area contributed by atoms with E-state index in [1.807, 2.05) is 0 Å². The Morgan fingerprint density at radius 1 is 0.900 bits per heavy atom. The number of rotatable bonds is 11. The van der Waals surface area contributed by atoms with Crippen molar-refractivity contribution in [2.75, 3.05) is 34.4 Å². The third-order valence-electron chi connectivity index (χ3n) is 4.42. The van der Waals surface area contributed by atoms with Crippen LogP contribution in [0.2, 0.25) is 0 Å². The molecule has 0 saturated carbocycles. The van der Waals surface area contributed by atoms with Gasteiger partial charge in [0.05, 0.1) is 5.67 Å². The van der Waals surface area contributed by atoms with E-state index in [1.165, 1.54) is 44.9 Å². The summed E-state index contributed by atoms with van der Waals surface area (Å²) in [7, 11) is 2.65. The van der Waals surface area contributed by atoms with Crippen molar-refractivity contribution < 1.29 is 13.3 Å². The first kappa shape index (κ1) is 18.1. The summed E-state index contributed by atoms with van der Waals surface area (Å²) in [6, 6.07) is 0. The first-order valence-electron chi connectivity index (χ1n) is 8.13. The van der Waals surface area contributed by atoms with Crippen molar-refractivity contribution in [2.24, 2.45) is 0 Å². The minimum absolute atomic E-state index is 0.326. The standard InChI is InChI=1S/C15H33NO3Si/c1-5-6-7-8-9-12-15(16-13-10-11-14-16)20(17-2,18-3)19-4/h15H,5-14H2,1-4H3. The van der Waals surface area contributed by atoms with Crippen molar-refractivity contribution in [2.45, 2.75) is 64.0 Å². The number of hydrogen-bond acceptors (Lipinski definition) is 4. The Balaban J connectivity index is 2.59. The predicted molar refractivity (Wildman–Crippen MR) is 84.8 cm³/mol. The van der Waals surface area contributed by atoms with Gasteiger partial charge in [-0.3, -0.25) is 4.90 Å². The quantitative estimate of drug-likeness (QED) is 0.433. The Hall–Kier alpha value is 0.0569. The minimum atomic E-state index is -2.55. The largest absolute Gasteiger partial charge is 0.518 e. The van der Waals surface area contributed by atoms with Crippen LogP contribution < -0.4 is 0 Å². The van der Waals surface area contributed by atoms with E-state index in [9.17, 15) is 0 Å². The maximum Gasteiger partial charge on any atom is 0.518 e. The smallest absolute Gasteiger partial charge is 0.376 e. The average molecular weight is 304 g/mol. The van der Waals surface area contributed by atoms with Gasteiger partial charge in [0.15, 0.2) is 0 Å². The summed E-state index contributed by atoms with van der Waals surface area (Å²) in [5.74, 6) is 0. The van der Waals surface area contributed by atoms with Crippen molar-refractivity contribution in [3.63, 3.8) is 0 Å². The third-order valence-corrected chi connectivity index (χ3v) is 7.60. The van der Waals surface area contributed by atoms with E-state index >= 15 is 0 Å². The molecule has 1 aliphatic heterocycles. The summed E-state index contributed by atoms with van der Waals surface area (Å²) >= 11 is 0. The van der Waals surface area contributed by atoms with Crippen LogP contribution in [0.3, 0.4) is 0 Å². The summed E-state index contributed by atoms with van der Waals surface area (Å²) in [6.45, 7) is 4.57. The highest BCUT2D eigenvalue weighted by atomic mass is 28.4. The van der Waals surface area contributed by atoms with Crippen molar-refractivity contribution in [1.82, 2.24) is 4.90 Å². The molecular weight excluding hydrogens is 270 g/mol. The molecule has 1 rings (SSSR count). The molecule has 1 heterocycles. The highest BCUT2D eigenvalue weighted by molar-refractivity contribution is 6.62. The summed E-state index contributed by atoms with van der Waals surface area (Å²) in [5, 5.41) is 0. The second-order valence-electron chi connectivity index (χ2n) is 5.68. The molecule has 1 unspecified atom stereocenters. The highest BCUT2D eigenvalue weighted by Gasteiger charge is 2.50. The number of unbranched alkanes of at least 4 members (excludes halogenated alkanes) is 4. The molecular formula is C15H33NO3Si. The molecule has 1 aliphatic rings. The van der Waals surface area contributed by atoms with Gasteiger partial charge in [-0.15, -0.1) is 0 Å². The van der Waals surface area contributed by atoms with E-state index in [0.29, 0.717) is 5.67 Å². The first-order chi connectivity index (χ1) is 9.74. The zero-order chi connectivity index (χ0) is 14.8. The van der Waals surface area contributed by atoms with E-state index in [4.69, 9.17) is 13.3 Å². The second-order valence-corrected chi connectivity index (χ2v) is 8.78. The van der Waals surface area contributed by atoms with E-state index < -0.39 is 8.80 Å². The Kier molecular flexibility index (Phi) is 8.96. The third kappa shape index (κ3) is 4.81. The maximum atomic E-state index is 5.74. The SMILES string of the molecule is CCCCCCCC(N1CCCC1)[Si](OC)(OC)OC. The fourth-order valence-electron chi connectivity index (χ4n) is 3.24. The summed E-state index contributed by atoms with van der Waals surface area (Å²) in [5.41, 5.74) is 0.326. The van der Waals surface area contributed by atoms with Crippen LogP contribution >= 0.6 is 0 Å². The van der Waals surface area contributed by atoms with Crippen LogP contribution in [0.5, 0.6) is 0 Å². The first-order valence-corrected chi connectivity index (χ1v) is 9.93. The molecule has 0 bridgehead atoms. The van der Waals surface area contributed by atoms with Crippen molar-refractivity contribution >= 4 is 8.80 Å². The fraction of sp³-hybridized carbons (Fsp3) is 1.00. The molecule has 0 N–H and O–H groups in total. The average Bonchev–Trinajstić information content (AvgIpc) is 3.01. The molecule has 0 aromatic heterocycles. The monoisotopic (exact) mass is 303 g/mol. The molecule has 0 aromatic rings. The normalized spacial score (nSPS) is 18.6. The van der Waals surface area contributed by atoms with Crippen LogP contribution in [0.25, 0.3) is 0 Å². The number of nitrogens with zero attached hydrogens (tertiary/aromatic N) is 1. The lowest BCUT2D eigenvalue weighted by Gasteiger charge is -2.38. The molecule has 120 valence electrons. The van der Waals surface area contributed by atoms with Gasteiger partial charge < -0.3 is 13.3 Å². The molecule has 1 saturated heterocycles. The number of hydrogen-bond donors (Lipinski definition) is 0. The lowest BCUT2D eigenvalue weighted by Crippen LogP contribution is -2.61. The zero-order valence-corrected chi connectivity index (χ0v) is 14.8. The van der Waals surface area contributed by atoms with Gasteiger partial charge in [0, 0.05) is 21.3 Å². The van der Waals surface area contributed by atoms with Gasteiger partial charge in [0.25, 0.3) is 0 Å². The summed E-state index contributed by atoms with van der Waals surface area (Å²) in [4.78, 5) is 2.53. The van der Waals surface area contributed by atoms with Gasteiger partial charge in [-0.05, 0) is 32.4 Å². The minimum Gasteiger partial charge on any atom is -0.376 e. The van der Waals surface area contributed by atoms with Gasteiger partial charge in [-0.1, -0.05) is 39.0 Å². The Morgan fingerprint density at radius 2 is 1.45 bits per heavy atom. The molecule has 20 heavy (non-hydrogen) atoms. The van der Waals surface area contributed by atoms with Gasteiger partial charge in [0.2, 0.25) is 0 Å². The van der Waals surface area contributed by atoms with Gasteiger partial charge >= 0.3 is 8.80 Å². The van der Waals surface area contributed by atoms with Crippen LogP contribution in [0.4, 0.5) is 0 Å². The molecule has 0 aromatic carbocycles. The van der Waals surface area contributed by atoms with Crippen LogP contribution in [0, 0.1) is 0 Å². The molecule has 1 fully saturated rings. The van der Waals surface area contributed by atoms with E-state index in [-0.39, 0.29) is 0 Å². The Bertz CT molecular complexity index is 235. The molecule has 1 atom stereocenters. The second kappa shape index (κ2) is 9.90. The van der Waals surface area contributed by atoms with Crippen LogP contribution in [-0.2, 0) is 13.3 Å².